The van der Waals surface area contributed by atoms with Gasteiger partial charge in [0.2, 0.25) is 11.8 Å². The molecule has 0 saturated carbocycles. The van der Waals surface area contributed by atoms with E-state index in [0.29, 0.717) is 24.4 Å². The Morgan fingerprint density at radius 3 is 2.80 bits per heavy atom. The summed E-state index contributed by atoms with van der Waals surface area (Å²) in [4.78, 5) is 25.4. The Balaban J connectivity index is 2.04. The lowest BCUT2D eigenvalue weighted by molar-refractivity contribution is -0.117. The van der Waals surface area contributed by atoms with Crippen molar-refractivity contribution in [3.8, 4) is 0 Å². The molecule has 108 valence electrons. The Hall–Kier alpha value is -1.55. The fourth-order valence-corrected chi connectivity index (χ4v) is 2.50. The number of benzene rings is 1. The second-order valence-corrected chi connectivity index (χ2v) is 5.24. The number of anilines is 2. The summed E-state index contributed by atoms with van der Waals surface area (Å²) in [5.41, 5.74) is 1.50. The molecule has 2 amide bonds. The Kier molecular flexibility index (Phi) is 5.41. The maximum atomic E-state index is 11.9. The highest BCUT2D eigenvalue weighted by Gasteiger charge is 2.23. The van der Waals surface area contributed by atoms with Crippen LogP contribution < -0.4 is 10.2 Å². The second-order valence-electron chi connectivity index (χ2n) is 4.86. The van der Waals surface area contributed by atoms with E-state index in [1.54, 1.807) is 4.90 Å². The topological polar surface area (TPSA) is 49.4 Å². The molecule has 1 N–H and O–H groups in total. The molecular formula is C15H19ClN2O2. The number of hydrogen-bond acceptors (Lipinski definition) is 2. The van der Waals surface area contributed by atoms with Crippen molar-refractivity contribution in [1.29, 1.82) is 0 Å². The fourth-order valence-electron chi connectivity index (χ4n) is 2.31. The van der Waals surface area contributed by atoms with Crippen molar-refractivity contribution in [1.82, 2.24) is 0 Å². The predicted molar refractivity (Wildman–Crippen MR) is 81.2 cm³/mol. The third kappa shape index (κ3) is 3.73. The molecule has 0 bridgehead atoms. The molecule has 0 aromatic heterocycles. The summed E-state index contributed by atoms with van der Waals surface area (Å²) in [5, 5.41) is 2.89. The van der Waals surface area contributed by atoms with E-state index in [-0.39, 0.29) is 11.8 Å². The lowest BCUT2D eigenvalue weighted by Crippen LogP contribution is -2.25. The van der Waals surface area contributed by atoms with Gasteiger partial charge in [-0.1, -0.05) is 12.1 Å². The molecule has 1 aromatic rings. The number of para-hydroxylation sites is 2. The molecule has 2 rings (SSSR count). The lowest BCUT2D eigenvalue weighted by atomic mass is 10.2. The summed E-state index contributed by atoms with van der Waals surface area (Å²) in [7, 11) is 0. The number of alkyl halides is 1. The third-order valence-corrected chi connectivity index (χ3v) is 3.60. The van der Waals surface area contributed by atoms with Crippen LogP contribution in [0.25, 0.3) is 0 Å². The number of hydrogen-bond donors (Lipinski definition) is 1. The van der Waals surface area contributed by atoms with Crippen molar-refractivity contribution in [2.24, 2.45) is 0 Å². The maximum Gasteiger partial charge on any atom is 0.227 e. The molecule has 0 radical (unpaired) electrons. The molecule has 5 heteroatoms. The minimum Gasteiger partial charge on any atom is -0.324 e. The van der Waals surface area contributed by atoms with Gasteiger partial charge in [0, 0.05) is 25.3 Å². The summed E-state index contributed by atoms with van der Waals surface area (Å²) in [5.74, 6) is 0.662. The first-order valence-corrected chi connectivity index (χ1v) is 7.51. The van der Waals surface area contributed by atoms with Crippen LogP contribution in [-0.4, -0.2) is 24.2 Å². The number of carbonyl (C=O) groups excluding carboxylic acids is 2. The average Bonchev–Trinajstić information content (AvgIpc) is 2.86. The summed E-state index contributed by atoms with van der Waals surface area (Å²) < 4.78 is 0. The molecule has 1 saturated heterocycles. The van der Waals surface area contributed by atoms with Crippen molar-refractivity contribution in [2.45, 2.75) is 32.1 Å². The van der Waals surface area contributed by atoms with Gasteiger partial charge in [-0.2, -0.15) is 0 Å². The number of nitrogens with zero attached hydrogens (tertiary/aromatic N) is 1. The summed E-state index contributed by atoms with van der Waals surface area (Å²) >= 11 is 5.60. The van der Waals surface area contributed by atoms with Crippen molar-refractivity contribution in [3.63, 3.8) is 0 Å². The number of rotatable bonds is 6. The SMILES string of the molecule is O=C(CCCCCl)Nc1ccccc1N1CCCC1=O. The number of unbranched alkanes of at least 4 members (excludes halogenated alkanes) is 1. The fraction of sp³-hybridized carbons (Fsp3) is 0.467. The maximum absolute atomic E-state index is 11.9. The van der Waals surface area contributed by atoms with Crippen molar-refractivity contribution < 1.29 is 9.59 Å². The second kappa shape index (κ2) is 7.29. The molecule has 0 unspecified atom stereocenters. The van der Waals surface area contributed by atoms with E-state index in [2.05, 4.69) is 5.32 Å². The van der Waals surface area contributed by atoms with E-state index in [0.717, 1.165) is 31.5 Å². The zero-order chi connectivity index (χ0) is 14.4. The Labute approximate surface area is 124 Å². The number of nitrogens with one attached hydrogen (secondary N) is 1. The van der Waals surface area contributed by atoms with Gasteiger partial charge in [-0.15, -0.1) is 11.6 Å². The average molecular weight is 295 g/mol. The zero-order valence-electron chi connectivity index (χ0n) is 11.4. The minimum absolute atomic E-state index is 0.0331. The first-order chi connectivity index (χ1) is 9.72. The van der Waals surface area contributed by atoms with E-state index in [9.17, 15) is 9.59 Å². The Morgan fingerprint density at radius 1 is 1.30 bits per heavy atom. The molecule has 4 nitrogen and oxygen atoms in total. The minimum atomic E-state index is -0.0331. The molecule has 1 aliphatic heterocycles. The van der Waals surface area contributed by atoms with Crippen LogP contribution in [-0.2, 0) is 9.59 Å². The first-order valence-electron chi connectivity index (χ1n) is 6.97. The van der Waals surface area contributed by atoms with Crippen LogP contribution in [0.4, 0.5) is 11.4 Å². The van der Waals surface area contributed by atoms with E-state index < -0.39 is 0 Å². The number of halogens is 1. The van der Waals surface area contributed by atoms with Gasteiger partial charge in [-0.25, -0.2) is 0 Å². The van der Waals surface area contributed by atoms with Crippen molar-refractivity contribution in [2.75, 3.05) is 22.6 Å². The van der Waals surface area contributed by atoms with Gasteiger partial charge in [0.15, 0.2) is 0 Å². The highest BCUT2D eigenvalue weighted by molar-refractivity contribution is 6.17. The summed E-state index contributed by atoms with van der Waals surface area (Å²) in [6.45, 7) is 0.720. The standard InChI is InChI=1S/C15H19ClN2O2/c16-10-4-3-8-14(19)17-12-6-1-2-7-13(12)18-11-5-9-15(18)20/h1-2,6-7H,3-5,8-11H2,(H,17,19). The highest BCUT2D eigenvalue weighted by atomic mass is 35.5. The van der Waals surface area contributed by atoms with Crippen LogP contribution in [0.5, 0.6) is 0 Å². The largest absolute Gasteiger partial charge is 0.324 e. The number of carbonyl (C=O) groups is 2. The monoisotopic (exact) mass is 294 g/mol. The molecule has 0 spiro atoms. The molecular weight excluding hydrogens is 276 g/mol. The van der Waals surface area contributed by atoms with Gasteiger partial charge < -0.3 is 10.2 Å². The zero-order valence-corrected chi connectivity index (χ0v) is 12.2. The van der Waals surface area contributed by atoms with E-state index in [1.165, 1.54) is 0 Å². The van der Waals surface area contributed by atoms with Crippen molar-refractivity contribution in [3.05, 3.63) is 24.3 Å². The third-order valence-electron chi connectivity index (χ3n) is 3.33. The molecule has 1 aromatic carbocycles. The van der Waals surface area contributed by atoms with E-state index in [1.807, 2.05) is 24.3 Å². The summed E-state index contributed by atoms with van der Waals surface area (Å²) in [6, 6.07) is 7.44. The smallest absolute Gasteiger partial charge is 0.227 e. The van der Waals surface area contributed by atoms with Crippen LogP contribution in [0.2, 0.25) is 0 Å². The van der Waals surface area contributed by atoms with E-state index >= 15 is 0 Å². The highest BCUT2D eigenvalue weighted by Crippen LogP contribution is 2.29. The van der Waals surface area contributed by atoms with Crippen LogP contribution in [0.1, 0.15) is 32.1 Å². The molecule has 1 fully saturated rings. The Morgan fingerprint density at radius 2 is 2.10 bits per heavy atom. The van der Waals surface area contributed by atoms with Gasteiger partial charge in [0.25, 0.3) is 0 Å². The summed E-state index contributed by atoms with van der Waals surface area (Å²) in [6.07, 6.45) is 3.52. The van der Waals surface area contributed by atoms with Gasteiger partial charge >= 0.3 is 0 Å². The first kappa shape index (κ1) is 14.9. The Bertz CT molecular complexity index is 491. The molecule has 0 atom stereocenters. The van der Waals surface area contributed by atoms with Crippen molar-refractivity contribution >= 4 is 34.8 Å². The molecule has 20 heavy (non-hydrogen) atoms. The predicted octanol–water partition coefficient (Wildman–Crippen LogP) is 3.16. The number of amides is 2. The molecule has 1 aliphatic rings. The van der Waals surface area contributed by atoms with Gasteiger partial charge in [-0.3, -0.25) is 9.59 Å². The van der Waals surface area contributed by atoms with Gasteiger partial charge in [0.05, 0.1) is 11.4 Å². The molecule has 0 aliphatic carbocycles. The quantitative estimate of drug-likeness (QED) is 0.647. The van der Waals surface area contributed by atoms with Crippen LogP contribution >= 0.6 is 11.6 Å². The van der Waals surface area contributed by atoms with Crippen LogP contribution in [0, 0.1) is 0 Å². The lowest BCUT2D eigenvalue weighted by Gasteiger charge is -2.19. The van der Waals surface area contributed by atoms with Gasteiger partial charge in [-0.05, 0) is 31.4 Å². The van der Waals surface area contributed by atoms with E-state index in [4.69, 9.17) is 11.6 Å². The normalized spacial score (nSPS) is 14.7. The van der Waals surface area contributed by atoms with Crippen LogP contribution in [0.15, 0.2) is 24.3 Å². The van der Waals surface area contributed by atoms with Crippen LogP contribution in [0.3, 0.4) is 0 Å². The molecule has 1 heterocycles. The van der Waals surface area contributed by atoms with Gasteiger partial charge in [0.1, 0.15) is 0 Å².